The maximum Gasteiger partial charge on any atom is 0.313 e. The third-order valence-corrected chi connectivity index (χ3v) is 4.61. The van der Waals surface area contributed by atoms with Crippen molar-refractivity contribution < 1.29 is 19.1 Å². The summed E-state index contributed by atoms with van der Waals surface area (Å²) in [6, 6.07) is 19.0. The van der Waals surface area contributed by atoms with Crippen LogP contribution in [0.25, 0.3) is 10.8 Å². The van der Waals surface area contributed by atoms with E-state index in [0.29, 0.717) is 5.69 Å². The molecular weight excluding hydrogens is 354 g/mol. The van der Waals surface area contributed by atoms with E-state index in [1.54, 1.807) is 14.0 Å². The van der Waals surface area contributed by atoms with E-state index >= 15 is 0 Å². The summed E-state index contributed by atoms with van der Waals surface area (Å²) in [4.78, 5) is 24.4. The molecule has 0 saturated heterocycles. The van der Waals surface area contributed by atoms with Gasteiger partial charge in [-0.1, -0.05) is 42.0 Å². The molecule has 0 aliphatic rings. The molecule has 0 aliphatic carbocycles. The zero-order valence-corrected chi connectivity index (χ0v) is 16.2. The molecule has 5 heteroatoms. The Hall–Kier alpha value is -3.34. The number of fused-ring (bicyclic) bond motifs is 1. The largest absolute Gasteiger partial charge is 0.497 e. The lowest BCUT2D eigenvalue weighted by Gasteiger charge is -2.13. The van der Waals surface area contributed by atoms with E-state index in [1.165, 1.54) is 0 Å². The normalized spacial score (nSPS) is 11.7. The Kier molecular flexibility index (Phi) is 5.94. The highest BCUT2D eigenvalue weighted by molar-refractivity contribution is 5.93. The van der Waals surface area contributed by atoms with Crippen molar-refractivity contribution in [3.63, 3.8) is 0 Å². The van der Waals surface area contributed by atoms with Crippen molar-refractivity contribution in [1.29, 1.82) is 0 Å². The van der Waals surface area contributed by atoms with Crippen molar-refractivity contribution in [3.05, 3.63) is 71.8 Å². The molecule has 28 heavy (non-hydrogen) atoms. The van der Waals surface area contributed by atoms with Gasteiger partial charge in [0.05, 0.1) is 13.0 Å². The monoisotopic (exact) mass is 377 g/mol. The average molecular weight is 377 g/mol. The SMILES string of the molecule is COc1ccc2cc([C@@H](C)C(=O)OCC(=O)Nc3ccc(C)cc3)ccc2c1. The van der Waals surface area contributed by atoms with Crippen LogP contribution in [0.15, 0.2) is 60.7 Å². The second-order valence-electron chi connectivity index (χ2n) is 6.72. The Bertz CT molecular complexity index is 995. The second-order valence-corrected chi connectivity index (χ2v) is 6.72. The van der Waals surface area contributed by atoms with Crippen LogP contribution in [0.1, 0.15) is 24.0 Å². The lowest BCUT2D eigenvalue weighted by Crippen LogP contribution is -2.23. The zero-order valence-electron chi connectivity index (χ0n) is 16.2. The molecule has 0 unspecified atom stereocenters. The third kappa shape index (κ3) is 4.68. The topological polar surface area (TPSA) is 64.6 Å². The van der Waals surface area contributed by atoms with E-state index in [4.69, 9.17) is 9.47 Å². The molecule has 1 N–H and O–H groups in total. The van der Waals surface area contributed by atoms with Crippen molar-refractivity contribution >= 4 is 28.3 Å². The summed E-state index contributed by atoms with van der Waals surface area (Å²) in [5.74, 6) is -0.493. The number of nitrogens with one attached hydrogen (secondary N) is 1. The van der Waals surface area contributed by atoms with Crippen LogP contribution >= 0.6 is 0 Å². The molecular formula is C23H23NO4. The molecule has 0 aromatic heterocycles. The molecule has 3 rings (SSSR count). The molecule has 3 aromatic carbocycles. The number of amides is 1. The molecule has 5 nitrogen and oxygen atoms in total. The first-order valence-corrected chi connectivity index (χ1v) is 9.07. The molecule has 0 radical (unpaired) electrons. The molecule has 3 aromatic rings. The first-order chi connectivity index (χ1) is 13.5. The smallest absolute Gasteiger partial charge is 0.313 e. The number of esters is 1. The molecule has 0 heterocycles. The number of rotatable bonds is 6. The van der Waals surface area contributed by atoms with Crippen LogP contribution in [-0.4, -0.2) is 25.6 Å². The number of hydrogen-bond acceptors (Lipinski definition) is 4. The maximum atomic E-state index is 12.4. The summed E-state index contributed by atoms with van der Waals surface area (Å²) in [5.41, 5.74) is 2.61. The van der Waals surface area contributed by atoms with E-state index in [2.05, 4.69) is 5.32 Å². The number of ether oxygens (including phenoxy) is 2. The van der Waals surface area contributed by atoms with Gasteiger partial charge in [-0.3, -0.25) is 9.59 Å². The van der Waals surface area contributed by atoms with Gasteiger partial charge >= 0.3 is 5.97 Å². The van der Waals surface area contributed by atoms with Gasteiger partial charge in [-0.05, 0) is 54.4 Å². The molecule has 1 amide bonds. The highest BCUT2D eigenvalue weighted by Gasteiger charge is 2.18. The standard InChI is InChI=1S/C23H23NO4/c1-15-4-9-20(10-5-15)24-22(25)14-28-23(26)16(2)17-6-7-19-13-21(27-3)11-8-18(19)12-17/h4-13,16H,14H2,1-3H3,(H,24,25)/t16-/m1/s1. The van der Waals surface area contributed by atoms with Gasteiger partial charge in [-0.25, -0.2) is 0 Å². The van der Waals surface area contributed by atoms with Crippen molar-refractivity contribution in [2.24, 2.45) is 0 Å². The van der Waals surface area contributed by atoms with Crippen LogP contribution in [0.3, 0.4) is 0 Å². The summed E-state index contributed by atoms with van der Waals surface area (Å²) in [6.07, 6.45) is 0. The fourth-order valence-electron chi connectivity index (χ4n) is 2.87. The molecule has 1 atom stereocenters. The first-order valence-electron chi connectivity index (χ1n) is 9.07. The van der Waals surface area contributed by atoms with Gasteiger partial charge in [0.1, 0.15) is 5.75 Å². The number of benzene rings is 3. The Balaban J connectivity index is 1.59. The fraction of sp³-hybridized carbons (Fsp3) is 0.217. The van der Waals surface area contributed by atoms with E-state index < -0.39 is 11.9 Å². The van der Waals surface area contributed by atoms with Crippen LogP contribution in [0.5, 0.6) is 5.75 Å². The number of carbonyl (C=O) groups excluding carboxylic acids is 2. The quantitative estimate of drug-likeness (QED) is 0.645. The summed E-state index contributed by atoms with van der Waals surface area (Å²) in [7, 11) is 1.63. The van der Waals surface area contributed by atoms with Crippen molar-refractivity contribution in [2.75, 3.05) is 19.0 Å². The summed E-state index contributed by atoms with van der Waals surface area (Å²) in [5, 5.41) is 4.75. The number of anilines is 1. The lowest BCUT2D eigenvalue weighted by atomic mass is 9.98. The third-order valence-electron chi connectivity index (χ3n) is 4.61. The maximum absolute atomic E-state index is 12.4. The van der Waals surface area contributed by atoms with Gasteiger partial charge in [0.2, 0.25) is 0 Å². The Morgan fingerprint density at radius 3 is 2.36 bits per heavy atom. The highest BCUT2D eigenvalue weighted by Crippen LogP contribution is 2.25. The number of methoxy groups -OCH3 is 1. The Morgan fingerprint density at radius 2 is 1.64 bits per heavy atom. The van der Waals surface area contributed by atoms with Gasteiger partial charge in [-0.2, -0.15) is 0 Å². The van der Waals surface area contributed by atoms with E-state index in [0.717, 1.165) is 27.6 Å². The number of hydrogen-bond donors (Lipinski definition) is 1. The van der Waals surface area contributed by atoms with Gasteiger partial charge in [0.25, 0.3) is 5.91 Å². The first kappa shape index (κ1) is 19.4. The van der Waals surface area contributed by atoms with Crippen LogP contribution in [0.4, 0.5) is 5.69 Å². The highest BCUT2D eigenvalue weighted by atomic mass is 16.5. The fourth-order valence-corrected chi connectivity index (χ4v) is 2.87. The van der Waals surface area contributed by atoms with Crippen molar-refractivity contribution in [3.8, 4) is 5.75 Å². The predicted octanol–water partition coefficient (Wildman–Crippen LogP) is 4.44. The second kappa shape index (κ2) is 8.57. The summed E-state index contributed by atoms with van der Waals surface area (Å²) in [6.45, 7) is 3.42. The van der Waals surface area contributed by atoms with Crippen LogP contribution < -0.4 is 10.1 Å². The van der Waals surface area contributed by atoms with Crippen LogP contribution in [0, 0.1) is 6.92 Å². The minimum Gasteiger partial charge on any atom is -0.497 e. The van der Waals surface area contributed by atoms with E-state index in [9.17, 15) is 9.59 Å². The molecule has 0 bridgehead atoms. The predicted molar refractivity (Wildman–Crippen MR) is 110 cm³/mol. The lowest BCUT2D eigenvalue weighted by molar-refractivity contribution is -0.148. The number of carbonyl (C=O) groups is 2. The van der Waals surface area contributed by atoms with Gasteiger partial charge in [0.15, 0.2) is 6.61 Å². The van der Waals surface area contributed by atoms with E-state index in [-0.39, 0.29) is 12.5 Å². The summed E-state index contributed by atoms with van der Waals surface area (Å²) >= 11 is 0. The van der Waals surface area contributed by atoms with Gasteiger partial charge in [-0.15, -0.1) is 0 Å². The Morgan fingerprint density at radius 1 is 0.964 bits per heavy atom. The number of aryl methyl sites for hydroxylation is 1. The van der Waals surface area contributed by atoms with Gasteiger partial charge in [0, 0.05) is 5.69 Å². The van der Waals surface area contributed by atoms with Crippen molar-refractivity contribution in [2.45, 2.75) is 19.8 Å². The van der Waals surface area contributed by atoms with E-state index in [1.807, 2.05) is 67.6 Å². The molecule has 0 saturated carbocycles. The molecule has 0 aliphatic heterocycles. The zero-order chi connectivity index (χ0) is 20.1. The van der Waals surface area contributed by atoms with Crippen LogP contribution in [-0.2, 0) is 14.3 Å². The van der Waals surface area contributed by atoms with Crippen molar-refractivity contribution in [1.82, 2.24) is 0 Å². The molecule has 144 valence electrons. The van der Waals surface area contributed by atoms with Crippen LogP contribution in [0.2, 0.25) is 0 Å². The average Bonchev–Trinajstić information content (AvgIpc) is 2.72. The Labute approximate surface area is 164 Å². The minimum atomic E-state index is -0.473. The summed E-state index contributed by atoms with van der Waals surface area (Å²) < 4.78 is 10.4. The molecule has 0 fully saturated rings. The molecule has 0 spiro atoms. The van der Waals surface area contributed by atoms with Gasteiger partial charge < -0.3 is 14.8 Å². The minimum absolute atomic E-state index is 0.318.